The van der Waals surface area contributed by atoms with E-state index in [1.54, 1.807) is 0 Å². The zero-order valence-electron chi connectivity index (χ0n) is 15.1. The minimum atomic E-state index is -0.776. The van der Waals surface area contributed by atoms with Gasteiger partial charge in [-0.25, -0.2) is 0 Å². The molecule has 0 radical (unpaired) electrons. The molecule has 2 aliphatic carbocycles. The SMILES string of the molecule is O=C(O)CCc1ccc(OC2C=Cc3cc(C4=CC=CCC4)ccc32)cc1. The largest absolute Gasteiger partial charge is 0.482 e. The number of fused-ring (bicyclic) bond motifs is 1. The third-order valence-electron chi connectivity index (χ3n) is 5.04. The summed E-state index contributed by atoms with van der Waals surface area (Å²) < 4.78 is 6.14. The monoisotopic (exact) mass is 358 g/mol. The Labute approximate surface area is 159 Å². The molecule has 0 saturated carbocycles. The van der Waals surface area contributed by atoms with Crippen LogP contribution in [0.15, 0.2) is 66.8 Å². The molecule has 0 heterocycles. The quantitative estimate of drug-likeness (QED) is 0.733. The summed E-state index contributed by atoms with van der Waals surface area (Å²) in [5.74, 6) is 0.0168. The number of allylic oxidation sites excluding steroid dienone is 4. The highest BCUT2D eigenvalue weighted by Crippen LogP contribution is 2.35. The lowest BCUT2D eigenvalue weighted by atomic mass is 9.94. The Bertz CT molecular complexity index is 933. The van der Waals surface area contributed by atoms with Crippen molar-refractivity contribution in [2.45, 2.75) is 31.8 Å². The number of ether oxygens (including phenoxy) is 1. The van der Waals surface area contributed by atoms with Gasteiger partial charge in [0, 0.05) is 12.0 Å². The molecule has 0 aromatic heterocycles. The average molecular weight is 358 g/mol. The molecule has 3 nitrogen and oxygen atoms in total. The summed E-state index contributed by atoms with van der Waals surface area (Å²) in [6, 6.07) is 14.3. The molecule has 1 N–H and O–H groups in total. The predicted molar refractivity (Wildman–Crippen MR) is 108 cm³/mol. The van der Waals surface area contributed by atoms with Gasteiger partial charge in [-0.2, -0.15) is 0 Å². The van der Waals surface area contributed by atoms with E-state index in [0.29, 0.717) is 6.42 Å². The Morgan fingerprint density at radius 2 is 2.00 bits per heavy atom. The second kappa shape index (κ2) is 7.67. The van der Waals surface area contributed by atoms with E-state index >= 15 is 0 Å². The molecule has 0 aliphatic heterocycles. The number of carboxylic acids is 1. The molecule has 2 aliphatic rings. The zero-order valence-corrected chi connectivity index (χ0v) is 15.1. The molecule has 0 spiro atoms. The molecule has 2 aromatic carbocycles. The molecule has 1 atom stereocenters. The first-order valence-corrected chi connectivity index (χ1v) is 9.35. The van der Waals surface area contributed by atoms with Crippen LogP contribution < -0.4 is 4.74 Å². The first kappa shape index (κ1) is 17.3. The number of hydrogen-bond donors (Lipinski definition) is 1. The molecule has 0 saturated heterocycles. The van der Waals surface area contributed by atoms with Crippen molar-refractivity contribution < 1.29 is 14.6 Å². The molecule has 0 bridgehead atoms. The van der Waals surface area contributed by atoms with Crippen molar-refractivity contribution in [1.29, 1.82) is 0 Å². The summed E-state index contributed by atoms with van der Waals surface area (Å²) in [5, 5.41) is 8.78. The maximum atomic E-state index is 10.7. The summed E-state index contributed by atoms with van der Waals surface area (Å²) in [7, 11) is 0. The summed E-state index contributed by atoms with van der Waals surface area (Å²) in [5.41, 5.74) is 6.07. The highest BCUT2D eigenvalue weighted by molar-refractivity contribution is 5.73. The second-order valence-corrected chi connectivity index (χ2v) is 6.94. The number of rotatable bonds is 6. The first-order valence-electron chi connectivity index (χ1n) is 9.35. The molecule has 2 aromatic rings. The molecule has 27 heavy (non-hydrogen) atoms. The fourth-order valence-electron chi connectivity index (χ4n) is 3.55. The van der Waals surface area contributed by atoms with Crippen LogP contribution in [0.1, 0.15) is 47.6 Å². The Hall–Kier alpha value is -3.07. The summed E-state index contributed by atoms with van der Waals surface area (Å²) in [4.78, 5) is 10.7. The van der Waals surface area contributed by atoms with E-state index in [4.69, 9.17) is 9.84 Å². The maximum Gasteiger partial charge on any atom is 0.303 e. The molecular formula is C24H22O3. The van der Waals surface area contributed by atoms with Crippen LogP contribution in [0.25, 0.3) is 11.6 Å². The minimum Gasteiger partial charge on any atom is -0.482 e. The van der Waals surface area contributed by atoms with Crippen LogP contribution in [-0.4, -0.2) is 11.1 Å². The van der Waals surface area contributed by atoms with Gasteiger partial charge in [-0.3, -0.25) is 4.79 Å². The van der Waals surface area contributed by atoms with E-state index < -0.39 is 5.97 Å². The van der Waals surface area contributed by atoms with Crippen LogP contribution in [-0.2, 0) is 11.2 Å². The van der Waals surface area contributed by atoms with Gasteiger partial charge in [-0.1, -0.05) is 48.6 Å². The lowest BCUT2D eigenvalue weighted by Gasteiger charge is -2.16. The second-order valence-electron chi connectivity index (χ2n) is 6.94. The lowest BCUT2D eigenvalue weighted by molar-refractivity contribution is -0.136. The number of hydrogen-bond acceptors (Lipinski definition) is 2. The molecular weight excluding hydrogens is 336 g/mol. The van der Waals surface area contributed by atoms with Crippen LogP contribution in [0.5, 0.6) is 5.75 Å². The molecule has 4 rings (SSSR count). The van der Waals surface area contributed by atoms with E-state index in [1.807, 2.05) is 24.3 Å². The van der Waals surface area contributed by atoms with Gasteiger partial charge < -0.3 is 9.84 Å². The number of aryl methyl sites for hydroxylation is 1. The Kier molecular flexibility index (Phi) is 4.93. The third-order valence-corrected chi connectivity index (χ3v) is 5.04. The molecule has 0 amide bonds. The topological polar surface area (TPSA) is 46.5 Å². The molecule has 136 valence electrons. The van der Waals surface area contributed by atoms with E-state index in [2.05, 4.69) is 48.6 Å². The molecule has 0 fully saturated rings. The van der Waals surface area contributed by atoms with Crippen molar-refractivity contribution >= 4 is 17.6 Å². The highest BCUT2D eigenvalue weighted by atomic mass is 16.5. The summed E-state index contributed by atoms with van der Waals surface area (Å²) in [6.45, 7) is 0. The van der Waals surface area contributed by atoms with E-state index in [1.165, 1.54) is 22.3 Å². The lowest BCUT2D eigenvalue weighted by Crippen LogP contribution is -2.03. The average Bonchev–Trinajstić information content (AvgIpc) is 3.10. The van der Waals surface area contributed by atoms with Crippen LogP contribution in [0, 0.1) is 0 Å². The fourth-order valence-corrected chi connectivity index (χ4v) is 3.55. The minimum absolute atomic E-state index is 0.0841. The Morgan fingerprint density at radius 1 is 1.15 bits per heavy atom. The number of carbonyl (C=O) groups is 1. The van der Waals surface area contributed by atoms with Crippen molar-refractivity contribution in [2.75, 3.05) is 0 Å². The van der Waals surface area contributed by atoms with Gasteiger partial charge in [0.2, 0.25) is 0 Å². The Morgan fingerprint density at radius 3 is 2.74 bits per heavy atom. The van der Waals surface area contributed by atoms with E-state index in [9.17, 15) is 4.79 Å². The standard InChI is InChI=1S/C24H22O3/c25-24(26)15-8-17-6-11-21(12-7-17)27-23-14-10-20-16-19(9-13-22(20)23)18-4-2-1-3-5-18/h1-2,4,6-7,9-14,16,23H,3,5,8,15H2,(H,25,26). The van der Waals surface area contributed by atoms with Crippen molar-refractivity contribution in [1.82, 2.24) is 0 Å². The van der Waals surface area contributed by atoms with Crippen molar-refractivity contribution in [3.8, 4) is 5.75 Å². The van der Waals surface area contributed by atoms with Crippen LogP contribution in [0.3, 0.4) is 0 Å². The van der Waals surface area contributed by atoms with Crippen molar-refractivity contribution in [3.63, 3.8) is 0 Å². The smallest absolute Gasteiger partial charge is 0.303 e. The highest BCUT2D eigenvalue weighted by Gasteiger charge is 2.20. The normalized spacial score (nSPS) is 17.5. The molecule has 3 heteroatoms. The van der Waals surface area contributed by atoms with E-state index in [-0.39, 0.29) is 12.5 Å². The van der Waals surface area contributed by atoms with Crippen molar-refractivity contribution in [3.05, 3.63) is 89.0 Å². The zero-order chi connectivity index (χ0) is 18.6. The number of carboxylic acid groups (broad SMARTS) is 1. The molecule has 1 unspecified atom stereocenters. The summed E-state index contributed by atoms with van der Waals surface area (Å²) >= 11 is 0. The van der Waals surface area contributed by atoms with Crippen molar-refractivity contribution in [2.24, 2.45) is 0 Å². The van der Waals surface area contributed by atoms with Gasteiger partial charge in [0.15, 0.2) is 0 Å². The summed E-state index contributed by atoms with van der Waals surface area (Å²) in [6.07, 6.45) is 13.5. The van der Waals surface area contributed by atoms with Gasteiger partial charge in [0.05, 0.1) is 0 Å². The van der Waals surface area contributed by atoms with Gasteiger partial charge in [-0.05, 0) is 65.8 Å². The van der Waals surface area contributed by atoms with Gasteiger partial charge in [-0.15, -0.1) is 0 Å². The van der Waals surface area contributed by atoms with E-state index in [0.717, 1.165) is 24.2 Å². The third kappa shape index (κ3) is 4.03. The Balaban J connectivity index is 1.45. The fraction of sp³-hybridized carbons (Fsp3) is 0.208. The van der Waals surface area contributed by atoms with Crippen LogP contribution in [0.4, 0.5) is 0 Å². The van der Waals surface area contributed by atoms with Gasteiger partial charge >= 0.3 is 5.97 Å². The predicted octanol–water partition coefficient (Wildman–Crippen LogP) is 5.58. The number of benzene rings is 2. The van der Waals surface area contributed by atoms with Crippen LogP contribution in [0.2, 0.25) is 0 Å². The maximum absolute atomic E-state index is 10.7. The van der Waals surface area contributed by atoms with Gasteiger partial charge in [0.1, 0.15) is 11.9 Å². The van der Waals surface area contributed by atoms with Gasteiger partial charge in [0.25, 0.3) is 0 Å². The first-order chi connectivity index (χ1) is 13.2. The van der Waals surface area contributed by atoms with Crippen LogP contribution >= 0.6 is 0 Å². The number of aliphatic carboxylic acids is 1.